The average Bonchev–Trinajstić information content (AvgIpc) is 2.23. The third kappa shape index (κ3) is 2.05. The molecular formula is C8H2F5O3-. The standard InChI is InChI=1S/C8H3F5O3/c9-3-4(10)6(12)8(7(13)5(3)11)16-1-2(14)15/h1H2,(H,14,15)/p-1. The molecule has 0 unspecified atom stereocenters. The monoisotopic (exact) mass is 241 g/mol. The number of halogens is 5. The van der Waals surface area contributed by atoms with Crippen LogP contribution in [-0.4, -0.2) is 12.6 Å². The second-order valence-corrected chi connectivity index (χ2v) is 2.56. The van der Waals surface area contributed by atoms with E-state index < -0.39 is 47.4 Å². The van der Waals surface area contributed by atoms with Gasteiger partial charge in [-0.1, -0.05) is 0 Å². The van der Waals surface area contributed by atoms with Gasteiger partial charge in [-0.2, -0.15) is 8.78 Å². The van der Waals surface area contributed by atoms with Crippen LogP contribution in [0.5, 0.6) is 5.75 Å². The molecule has 1 rings (SSSR count). The molecule has 0 aromatic heterocycles. The fraction of sp³-hybridized carbons (Fsp3) is 0.125. The van der Waals surface area contributed by atoms with Crippen molar-refractivity contribution >= 4 is 5.97 Å². The lowest BCUT2D eigenvalue weighted by Gasteiger charge is -2.10. The van der Waals surface area contributed by atoms with Crippen LogP contribution in [-0.2, 0) is 4.79 Å². The summed E-state index contributed by atoms with van der Waals surface area (Å²) in [6, 6.07) is 0. The Kier molecular flexibility index (Phi) is 3.31. The Bertz CT molecular complexity index is 417. The van der Waals surface area contributed by atoms with Crippen LogP contribution in [0.3, 0.4) is 0 Å². The minimum Gasteiger partial charge on any atom is -0.546 e. The lowest BCUT2D eigenvalue weighted by Crippen LogP contribution is -2.29. The third-order valence-electron chi connectivity index (χ3n) is 1.50. The van der Waals surface area contributed by atoms with Crippen LogP contribution in [0.1, 0.15) is 0 Å². The third-order valence-corrected chi connectivity index (χ3v) is 1.50. The van der Waals surface area contributed by atoms with Gasteiger partial charge < -0.3 is 14.6 Å². The van der Waals surface area contributed by atoms with E-state index in [1.165, 1.54) is 0 Å². The van der Waals surface area contributed by atoms with Crippen molar-refractivity contribution in [2.24, 2.45) is 0 Å². The molecule has 0 bridgehead atoms. The molecular weight excluding hydrogens is 239 g/mol. The smallest absolute Gasteiger partial charge is 0.207 e. The Morgan fingerprint density at radius 1 is 0.938 bits per heavy atom. The number of hydrogen-bond donors (Lipinski definition) is 0. The quantitative estimate of drug-likeness (QED) is 0.440. The van der Waals surface area contributed by atoms with Gasteiger partial charge in [-0.3, -0.25) is 0 Å². The minimum atomic E-state index is -2.35. The Morgan fingerprint density at radius 3 is 1.69 bits per heavy atom. The number of hydrogen-bond acceptors (Lipinski definition) is 3. The predicted octanol–water partition coefficient (Wildman–Crippen LogP) is 0.511. The lowest BCUT2D eigenvalue weighted by atomic mass is 10.2. The first kappa shape index (κ1) is 12.2. The summed E-state index contributed by atoms with van der Waals surface area (Å²) in [6.45, 7) is -1.33. The lowest BCUT2D eigenvalue weighted by molar-refractivity contribution is -0.307. The Morgan fingerprint density at radius 2 is 1.31 bits per heavy atom. The van der Waals surface area contributed by atoms with Gasteiger partial charge in [-0.05, 0) is 0 Å². The Labute approximate surface area is 85.1 Å². The first-order chi connectivity index (χ1) is 7.36. The number of carboxylic acid groups (broad SMARTS) is 1. The van der Waals surface area contributed by atoms with E-state index in [-0.39, 0.29) is 0 Å². The molecule has 1 aromatic carbocycles. The van der Waals surface area contributed by atoms with Crippen LogP contribution in [0.15, 0.2) is 0 Å². The zero-order chi connectivity index (χ0) is 12.5. The van der Waals surface area contributed by atoms with Crippen molar-refractivity contribution < 1.29 is 36.6 Å². The molecule has 8 heteroatoms. The van der Waals surface area contributed by atoms with Gasteiger partial charge in [0.1, 0.15) is 6.61 Å². The number of ether oxygens (including phenoxy) is 1. The largest absolute Gasteiger partial charge is 0.546 e. The van der Waals surface area contributed by atoms with Crippen molar-refractivity contribution in [1.29, 1.82) is 0 Å². The van der Waals surface area contributed by atoms with Crippen LogP contribution < -0.4 is 9.84 Å². The highest BCUT2D eigenvalue weighted by Gasteiger charge is 2.26. The van der Waals surface area contributed by atoms with Crippen LogP contribution >= 0.6 is 0 Å². The van der Waals surface area contributed by atoms with E-state index in [9.17, 15) is 31.9 Å². The van der Waals surface area contributed by atoms with Crippen molar-refractivity contribution in [1.82, 2.24) is 0 Å². The summed E-state index contributed by atoms with van der Waals surface area (Å²) in [6.07, 6.45) is 0. The highest BCUT2D eigenvalue weighted by Crippen LogP contribution is 2.28. The van der Waals surface area contributed by atoms with E-state index in [2.05, 4.69) is 4.74 Å². The van der Waals surface area contributed by atoms with Gasteiger partial charge in [0.15, 0.2) is 5.75 Å². The van der Waals surface area contributed by atoms with Gasteiger partial charge in [-0.15, -0.1) is 0 Å². The molecule has 0 fully saturated rings. The van der Waals surface area contributed by atoms with Crippen LogP contribution in [0, 0.1) is 29.1 Å². The molecule has 1 aromatic rings. The van der Waals surface area contributed by atoms with E-state index in [0.29, 0.717) is 0 Å². The van der Waals surface area contributed by atoms with Crippen LogP contribution in [0.4, 0.5) is 22.0 Å². The Balaban J connectivity index is 3.23. The van der Waals surface area contributed by atoms with Gasteiger partial charge in [0.05, 0.1) is 5.97 Å². The molecule has 3 nitrogen and oxygen atoms in total. The second-order valence-electron chi connectivity index (χ2n) is 2.56. The summed E-state index contributed by atoms with van der Waals surface area (Å²) in [7, 11) is 0. The average molecular weight is 241 g/mol. The molecule has 0 aliphatic heterocycles. The molecule has 0 saturated heterocycles. The number of carbonyl (C=O) groups excluding carboxylic acids is 1. The van der Waals surface area contributed by atoms with E-state index in [1.54, 1.807) is 0 Å². The topological polar surface area (TPSA) is 49.4 Å². The highest BCUT2D eigenvalue weighted by atomic mass is 19.2. The summed E-state index contributed by atoms with van der Waals surface area (Å²) < 4.78 is 67.0. The molecule has 0 N–H and O–H groups in total. The normalized spacial score (nSPS) is 10.3. The van der Waals surface area contributed by atoms with Gasteiger partial charge >= 0.3 is 0 Å². The molecule has 0 amide bonds. The molecule has 0 saturated carbocycles. The highest BCUT2D eigenvalue weighted by molar-refractivity contribution is 5.66. The molecule has 0 heterocycles. The summed E-state index contributed by atoms with van der Waals surface area (Å²) >= 11 is 0. The number of carbonyl (C=O) groups is 1. The van der Waals surface area contributed by atoms with E-state index in [1.807, 2.05) is 0 Å². The zero-order valence-corrected chi connectivity index (χ0v) is 7.32. The van der Waals surface area contributed by atoms with Crippen molar-refractivity contribution in [2.45, 2.75) is 0 Å². The van der Waals surface area contributed by atoms with Gasteiger partial charge in [0.2, 0.25) is 29.1 Å². The van der Waals surface area contributed by atoms with E-state index in [4.69, 9.17) is 0 Å². The fourth-order valence-corrected chi connectivity index (χ4v) is 0.843. The maximum atomic E-state index is 12.8. The van der Waals surface area contributed by atoms with Crippen molar-refractivity contribution in [3.63, 3.8) is 0 Å². The molecule has 0 spiro atoms. The van der Waals surface area contributed by atoms with Gasteiger partial charge in [0.25, 0.3) is 0 Å². The number of aliphatic carboxylic acids is 1. The van der Waals surface area contributed by atoms with Gasteiger partial charge in [-0.25, -0.2) is 13.2 Å². The van der Waals surface area contributed by atoms with E-state index in [0.717, 1.165) is 0 Å². The molecule has 0 aliphatic carbocycles. The molecule has 0 radical (unpaired) electrons. The summed E-state index contributed by atoms with van der Waals surface area (Å²) in [4.78, 5) is 9.89. The minimum absolute atomic E-state index is 1.33. The fourth-order valence-electron chi connectivity index (χ4n) is 0.843. The SMILES string of the molecule is O=C([O-])COc1c(F)c(F)c(F)c(F)c1F. The van der Waals surface area contributed by atoms with Crippen molar-refractivity contribution in [2.75, 3.05) is 6.61 Å². The summed E-state index contributed by atoms with van der Waals surface area (Å²) in [5.41, 5.74) is 0. The summed E-state index contributed by atoms with van der Waals surface area (Å²) in [5.74, 6) is -14.8. The number of benzene rings is 1. The first-order valence-corrected chi connectivity index (χ1v) is 3.70. The molecule has 16 heavy (non-hydrogen) atoms. The second kappa shape index (κ2) is 4.33. The van der Waals surface area contributed by atoms with Crippen LogP contribution in [0.25, 0.3) is 0 Å². The molecule has 88 valence electrons. The van der Waals surface area contributed by atoms with Crippen molar-refractivity contribution in [3.05, 3.63) is 29.1 Å². The Hall–Kier alpha value is -1.86. The number of rotatable bonds is 3. The summed E-state index contributed by atoms with van der Waals surface area (Å²) in [5, 5.41) is 9.89. The first-order valence-electron chi connectivity index (χ1n) is 3.70. The molecule has 0 atom stereocenters. The molecule has 0 aliphatic rings. The van der Waals surface area contributed by atoms with Gasteiger partial charge in [0, 0.05) is 0 Å². The van der Waals surface area contributed by atoms with E-state index >= 15 is 0 Å². The zero-order valence-electron chi connectivity index (χ0n) is 7.32. The van der Waals surface area contributed by atoms with Crippen LogP contribution in [0.2, 0.25) is 0 Å². The number of carboxylic acids is 1. The maximum Gasteiger partial charge on any atom is 0.207 e. The maximum absolute atomic E-state index is 12.8. The predicted molar refractivity (Wildman–Crippen MR) is 36.7 cm³/mol. The van der Waals surface area contributed by atoms with Crippen molar-refractivity contribution in [3.8, 4) is 5.75 Å².